The summed E-state index contributed by atoms with van der Waals surface area (Å²) < 4.78 is 5.29. The van der Waals surface area contributed by atoms with Gasteiger partial charge >= 0.3 is 0 Å². The Morgan fingerprint density at radius 3 is 2.06 bits per heavy atom. The number of methoxy groups -OCH3 is 1. The molecule has 2 aromatic carbocycles. The van der Waals surface area contributed by atoms with Crippen LogP contribution in [0.25, 0.3) is 11.1 Å². The van der Waals surface area contributed by atoms with E-state index in [2.05, 4.69) is 0 Å². The molecule has 0 radical (unpaired) electrons. The molecule has 0 amide bonds. The van der Waals surface area contributed by atoms with E-state index in [4.69, 9.17) is 51.1 Å². The molecule has 0 saturated heterocycles. The summed E-state index contributed by atoms with van der Waals surface area (Å²) in [6.07, 6.45) is 0. The second kappa shape index (κ2) is 5.58. The summed E-state index contributed by atoms with van der Waals surface area (Å²) >= 11 is 24.0. The minimum Gasteiger partial charge on any atom is -0.495 e. The molecule has 0 aliphatic rings. The molecule has 0 fully saturated rings. The van der Waals surface area contributed by atoms with E-state index in [1.54, 1.807) is 25.3 Å². The molecular formula is C13H8Cl4O. The van der Waals surface area contributed by atoms with E-state index in [9.17, 15) is 0 Å². The van der Waals surface area contributed by atoms with Gasteiger partial charge in [-0.1, -0.05) is 58.5 Å². The Morgan fingerprint density at radius 1 is 0.889 bits per heavy atom. The average Bonchev–Trinajstić information content (AvgIpc) is 2.35. The molecule has 94 valence electrons. The van der Waals surface area contributed by atoms with E-state index >= 15 is 0 Å². The zero-order chi connectivity index (χ0) is 13.3. The van der Waals surface area contributed by atoms with Gasteiger partial charge in [-0.3, -0.25) is 0 Å². The fourth-order valence-electron chi connectivity index (χ4n) is 1.65. The van der Waals surface area contributed by atoms with Gasteiger partial charge in [-0.2, -0.15) is 0 Å². The fourth-order valence-corrected chi connectivity index (χ4v) is 2.50. The normalized spacial score (nSPS) is 10.5. The Hall–Kier alpha value is -0.600. The Morgan fingerprint density at radius 2 is 1.50 bits per heavy atom. The lowest BCUT2D eigenvalue weighted by Crippen LogP contribution is -1.89. The van der Waals surface area contributed by atoms with Crippen LogP contribution in [-0.2, 0) is 0 Å². The Labute approximate surface area is 125 Å². The van der Waals surface area contributed by atoms with Gasteiger partial charge in [0.05, 0.1) is 27.2 Å². The van der Waals surface area contributed by atoms with E-state index in [0.29, 0.717) is 25.8 Å². The molecule has 0 saturated carbocycles. The molecule has 0 N–H and O–H groups in total. The predicted octanol–water partition coefficient (Wildman–Crippen LogP) is 5.98. The van der Waals surface area contributed by atoms with Crippen molar-refractivity contribution in [3.05, 3.63) is 50.4 Å². The SMILES string of the molecule is COc1c(Cl)cccc1-c1cc(Cl)c(Cl)c(Cl)c1. The number of ether oxygens (including phenoxy) is 1. The van der Waals surface area contributed by atoms with Crippen LogP contribution in [0.15, 0.2) is 30.3 Å². The first-order chi connectivity index (χ1) is 8.54. The molecule has 0 aliphatic carbocycles. The highest BCUT2D eigenvalue weighted by molar-refractivity contribution is 6.48. The molecule has 18 heavy (non-hydrogen) atoms. The summed E-state index contributed by atoms with van der Waals surface area (Å²) in [7, 11) is 1.56. The first-order valence-corrected chi connectivity index (χ1v) is 6.53. The summed E-state index contributed by atoms with van der Waals surface area (Å²) in [5, 5.41) is 1.64. The lowest BCUT2D eigenvalue weighted by molar-refractivity contribution is 0.416. The summed E-state index contributed by atoms with van der Waals surface area (Å²) in [5.41, 5.74) is 1.61. The topological polar surface area (TPSA) is 9.23 Å². The van der Waals surface area contributed by atoms with Gasteiger partial charge in [0.1, 0.15) is 5.75 Å². The predicted molar refractivity (Wildman–Crippen MR) is 78.5 cm³/mol. The van der Waals surface area contributed by atoms with Gasteiger partial charge in [0.2, 0.25) is 0 Å². The molecule has 1 nitrogen and oxygen atoms in total. The second-order valence-electron chi connectivity index (χ2n) is 3.57. The minimum atomic E-state index is 0.336. The Bertz CT molecular complexity index is 573. The standard InChI is InChI=1S/C13H8Cl4O/c1-18-13-8(3-2-4-9(13)14)7-5-10(15)12(17)11(16)6-7/h2-6H,1H3. The maximum atomic E-state index is 6.07. The summed E-state index contributed by atoms with van der Waals surface area (Å²) in [5.74, 6) is 0.577. The number of para-hydroxylation sites is 1. The molecular weight excluding hydrogens is 314 g/mol. The van der Waals surface area contributed by atoms with Crippen LogP contribution in [0.3, 0.4) is 0 Å². The second-order valence-corrected chi connectivity index (χ2v) is 5.17. The van der Waals surface area contributed by atoms with Gasteiger partial charge in [0, 0.05) is 5.56 Å². The summed E-state index contributed by atoms with van der Waals surface area (Å²) in [4.78, 5) is 0. The van der Waals surface area contributed by atoms with Crippen molar-refractivity contribution in [2.45, 2.75) is 0 Å². The zero-order valence-electron chi connectivity index (χ0n) is 9.31. The summed E-state index contributed by atoms with van der Waals surface area (Å²) in [6, 6.07) is 8.91. The van der Waals surface area contributed by atoms with E-state index in [-0.39, 0.29) is 0 Å². The molecule has 2 aromatic rings. The number of rotatable bonds is 2. The van der Waals surface area contributed by atoms with Crippen molar-refractivity contribution >= 4 is 46.4 Å². The van der Waals surface area contributed by atoms with Gasteiger partial charge in [-0.15, -0.1) is 0 Å². The van der Waals surface area contributed by atoms with Crippen LogP contribution in [0.5, 0.6) is 5.75 Å². The van der Waals surface area contributed by atoms with Crippen LogP contribution in [-0.4, -0.2) is 7.11 Å². The summed E-state index contributed by atoms with van der Waals surface area (Å²) in [6.45, 7) is 0. The largest absolute Gasteiger partial charge is 0.495 e. The first kappa shape index (κ1) is 13.8. The fraction of sp³-hybridized carbons (Fsp3) is 0.0769. The van der Waals surface area contributed by atoms with Crippen LogP contribution >= 0.6 is 46.4 Å². The third kappa shape index (κ3) is 2.55. The minimum absolute atomic E-state index is 0.336. The third-order valence-corrected chi connectivity index (χ3v) is 3.96. The maximum absolute atomic E-state index is 6.07. The Kier molecular flexibility index (Phi) is 4.29. The van der Waals surface area contributed by atoms with Crippen LogP contribution < -0.4 is 4.74 Å². The molecule has 5 heteroatoms. The van der Waals surface area contributed by atoms with Gasteiger partial charge in [-0.25, -0.2) is 0 Å². The van der Waals surface area contributed by atoms with Crippen LogP contribution in [0.4, 0.5) is 0 Å². The highest BCUT2D eigenvalue weighted by Crippen LogP contribution is 2.40. The van der Waals surface area contributed by atoms with Gasteiger partial charge in [-0.05, 0) is 23.8 Å². The van der Waals surface area contributed by atoms with Gasteiger partial charge < -0.3 is 4.74 Å². The van der Waals surface area contributed by atoms with Crippen LogP contribution in [0, 0.1) is 0 Å². The van der Waals surface area contributed by atoms with Crippen molar-refractivity contribution in [3.8, 4) is 16.9 Å². The van der Waals surface area contributed by atoms with Crippen molar-refractivity contribution in [3.63, 3.8) is 0 Å². The smallest absolute Gasteiger partial charge is 0.145 e. The monoisotopic (exact) mass is 320 g/mol. The third-order valence-electron chi connectivity index (χ3n) is 2.47. The first-order valence-electron chi connectivity index (χ1n) is 5.02. The molecule has 0 unspecified atom stereocenters. The Balaban J connectivity index is 2.66. The van der Waals surface area contributed by atoms with Crippen molar-refractivity contribution < 1.29 is 4.74 Å². The van der Waals surface area contributed by atoms with Gasteiger partial charge in [0.25, 0.3) is 0 Å². The van der Waals surface area contributed by atoms with Crippen LogP contribution in [0.1, 0.15) is 0 Å². The maximum Gasteiger partial charge on any atom is 0.145 e. The molecule has 0 atom stereocenters. The number of halogens is 4. The number of benzene rings is 2. The van der Waals surface area contributed by atoms with Crippen molar-refractivity contribution in [1.82, 2.24) is 0 Å². The van der Waals surface area contributed by atoms with E-state index < -0.39 is 0 Å². The molecule has 0 bridgehead atoms. The van der Waals surface area contributed by atoms with Crippen molar-refractivity contribution in [2.75, 3.05) is 7.11 Å². The molecule has 0 aromatic heterocycles. The van der Waals surface area contributed by atoms with E-state index in [1.165, 1.54) is 0 Å². The number of hydrogen-bond acceptors (Lipinski definition) is 1. The van der Waals surface area contributed by atoms with Crippen LogP contribution in [0.2, 0.25) is 20.1 Å². The molecule has 0 heterocycles. The van der Waals surface area contributed by atoms with E-state index in [0.717, 1.165) is 11.1 Å². The molecule has 2 rings (SSSR count). The zero-order valence-corrected chi connectivity index (χ0v) is 12.3. The van der Waals surface area contributed by atoms with Crippen molar-refractivity contribution in [1.29, 1.82) is 0 Å². The number of hydrogen-bond donors (Lipinski definition) is 0. The highest BCUT2D eigenvalue weighted by atomic mass is 35.5. The lowest BCUT2D eigenvalue weighted by atomic mass is 10.0. The quantitative estimate of drug-likeness (QED) is 0.618. The molecule has 0 aliphatic heterocycles. The van der Waals surface area contributed by atoms with E-state index in [1.807, 2.05) is 12.1 Å². The lowest BCUT2D eigenvalue weighted by Gasteiger charge is -2.11. The van der Waals surface area contributed by atoms with Crippen molar-refractivity contribution in [2.24, 2.45) is 0 Å². The molecule has 0 spiro atoms. The highest BCUT2D eigenvalue weighted by Gasteiger charge is 2.13. The van der Waals surface area contributed by atoms with Gasteiger partial charge in [0.15, 0.2) is 0 Å². The average molecular weight is 322 g/mol.